The summed E-state index contributed by atoms with van der Waals surface area (Å²) in [6, 6.07) is 0.176. The maximum absolute atomic E-state index is 11.5. The normalized spacial score (nSPS) is 19.7. The van der Waals surface area contributed by atoms with Crippen molar-refractivity contribution in [2.75, 3.05) is 13.1 Å². The number of carbonyl (C=O) groups is 1. The van der Waals surface area contributed by atoms with Crippen molar-refractivity contribution in [3.8, 4) is 0 Å². The zero-order chi connectivity index (χ0) is 10.8. The summed E-state index contributed by atoms with van der Waals surface area (Å²) in [6.45, 7) is 9.99. The Balaban J connectivity index is 2.25. The summed E-state index contributed by atoms with van der Waals surface area (Å²) in [5.74, 6) is 0.584. The average molecular weight is 199 g/mol. The first kappa shape index (κ1) is 11.3. The van der Waals surface area contributed by atoms with E-state index in [1.165, 1.54) is 0 Å². The van der Waals surface area contributed by atoms with Gasteiger partial charge in [0.2, 0.25) is 0 Å². The second kappa shape index (κ2) is 4.17. The lowest BCUT2D eigenvalue weighted by Gasteiger charge is -2.33. The Labute approximate surface area is 85.8 Å². The van der Waals surface area contributed by atoms with Gasteiger partial charge in [-0.2, -0.15) is 0 Å². The molecule has 0 aromatic carbocycles. The zero-order valence-electron chi connectivity index (χ0n) is 9.48. The molecule has 82 valence electrons. The predicted octanol–water partition coefficient (Wildman–Crippen LogP) is 0.692. The van der Waals surface area contributed by atoms with Crippen molar-refractivity contribution < 1.29 is 4.79 Å². The Bertz CT molecular complexity index is 206. The van der Waals surface area contributed by atoms with E-state index in [4.69, 9.17) is 0 Å². The van der Waals surface area contributed by atoms with Gasteiger partial charge in [0.05, 0.1) is 0 Å². The van der Waals surface area contributed by atoms with Crippen LogP contribution in [-0.2, 0) is 0 Å². The Kier molecular flexibility index (Phi) is 3.37. The van der Waals surface area contributed by atoms with E-state index in [1.54, 1.807) is 0 Å². The molecule has 1 saturated heterocycles. The Morgan fingerprint density at radius 3 is 2.36 bits per heavy atom. The molecule has 1 aliphatic rings. The molecule has 14 heavy (non-hydrogen) atoms. The molecule has 1 aliphatic heterocycles. The monoisotopic (exact) mass is 199 g/mol. The standard InChI is InChI=1S/C10H21N3O/c1-7(8-5-11-6-8)12-9(14)13-10(2,3)4/h7-8,11H,5-6H2,1-4H3,(H2,12,13,14). The van der Waals surface area contributed by atoms with E-state index < -0.39 is 0 Å². The molecule has 0 aromatic rings. The van der Waals surface area contributed by atoms with Crippen molar-refractivity contribution in [2.24, 2.45) is 5.92 Å². The van der Waals surface area contributed by atoms with Gasteiger partial charge in [0.25, 0.3) is 0 Å². The average Bonchev–Trinajstić information content (AvgIpc) is 1.75. The van der Waals surface area contributed by atoms with E-state index in [1.807, 2.05) is 27.7 Å². The van der Waals surface area contributed by atoms with Crippen LogP contribution in [0.1, 0.15) is 27.7 Å². The number of carbonyl (C=O) groups excluding carboxylic acids is 1. The third kappa shape index (κ3) is 3.54. The molecule has 1 heterocycles. The Hall–Kier alpha value is -0.770. The molecule has 0 aromatic heterocycles. The van der Waals surface area contributed by atoms with Crippen molar-refractivity contribution in [1.82, 2.24) is 16.0 Å². The number of urea groups is 1. The molecule has 1 atom stereocenters. The molecule has 0 bridgehead atoms. The summed E-state index contributed by atoms with van der Waals surface area (Å²) in [4.78, 5) is 11.5. The largest absolute Gasteiger partial charge is 0.335 e. The van der Waals surface area contributed by atoms with Gasteiger partial charge in [-0.15, -0.1) is 0 Å². The molecular formula is C10H21N3O. The second-order valence-electron chi connectivity index (χ2n) is 5.06. The van der Waals surface area contributed by atoms with Crippen molar-refractivity contribution in [2.45, 2.75) is 39.3 Å². The van der Waals surface area contributed by atoms with Gasteiger partial charge in [-0.3, -0.25) is 0 Å². The van der Waals surface area contributed by atoms with Crippen LogP contribution in [0.5, 0.6) is 0 Å². The van der Waals surface area contributed by atoms with Crippen LogP contribution in [0.25, 0.3) is 0 Å². The van der Waals surface area contributed by atoms with Crippen LogP contribution in [0.3, 0.4) is 0 Å². The SMILES string of the molecule is CC(NC(=O)NC(C)(C)C)C1CNC1. The van der Waals surface area contributed by atoms with Crippen molar-refractivity contribution in [1.29, 1.82) is 0 Å². The highest BCUT2D eigenvalue weighted by Gasteiger charge is 2.25. The third-order valence-corrected chi connectivity index (χ3v) is 2.37. The van der Waals surface area contributed by atoms with E-state index in [9.17, 15) is 4.79 Å². The fourth-order valence-corrected chi connectivity index (χ4v) is 1.37. The Morgan fingerprint density at radius 2 is 2.00 bits per heavy atom. The summed E-state index contributed by atoms with van der Waals surface area (Å²) in [5.41, 5.74) is -0.165. The van der Waals surface area contributed by atoms with E-state index in [-0.39, 0.29) is 17.6 Å². The van der Waals surface area contributed by atoms with E-state index in [0.29, 0.717) is 5.92 Å². The molecule has 0 saturated carbocycles. The molecule has 4 heteroatoms. The van der Waals surface area contributed by atoms with Crippen LogP contribution >= 0.6 is 0 Å². The quantitative estimate of drug-likeness (QED) is 0.613. The minimum absolute atomic E-state index is 0.0723. The topological polar surface area (TPSA) is 53.2 Å². The van der Waals surface area contributed by atoms with E-state index >= 15 is 0 Å². The molecule has 1 unspecified atom stereocenters. The first-order chi connectivity index (χ1) is 6.38. The maximum Gasteiger partial charge on any atom is 0.315 e. The third-order valence-electron chi connectivity index (χ3n) is 2.37. The summed E-state index contributed by atoms with van der Waals surface area (Å²) < 4.78 is 0. The van der Waals surface area contributed by atoms with Gasteiger partial charge in [0.15, 0.2) is 0 Å². The number of amides is 2. The van der Waals surface area contributed by atoms with Gasteiger partial charge in [-0.25, -0.2) is 4.79 Å². The smallest absolute Gasteiger partial charge is 0.315 e. The Morgan fingerprint density at radius 1 is 1.43 bits per heavy atom. The number of rotatable bonds is 2. The molecule has 3 N–H and O–H groups in total. The van der Waals surface area contributed by atoms with Crippen LogP contribution in [0.15, 0.2) is 0 Å². The first-order valence-corrected chi connectivity index (χ1v) is 5.18. The van der Waals surface area contributed by atoms with E-state index in [0.717, 1.165) is 13.1 Å². The van der Waals surface area contributed by atoms with Gasteiger partial charge in [-0.1, -0.05) is 0 Å². The van der Waals surface area contributed by atoms with Gasteiger partial charge >= 0.3 is 6.03 Å². The second-order valence-corrected chi connectivity index (χ2v) is 5.06. The number of hydrogen-bond acceptors (Lipinski definition) is 2. The first-order valence-electron chi connectivity index (χ1n) is 5.18. The van der Waals surface area contributed by atoms with Crippen molar-refractivity contribution >= 4 is 6.03 Å². The minimum atomic E-state index is -0.165. The molecule has 2 amide bonds. The lowest BCUT2D eigenvalue weighted by atomic mass is 9.95. The highest BCUT2D eigenvalue weighted by molar-refractivity contribution is 5.74. The highest BCUT2D eigenvalue weighted by Crippen LogP contribution is 2.08. The van der Waals surface area contributed by atoms with Crippen LogP contribution in [-0.4, -0.2) is 30.7 Å². The highest BCUT2D eigenvalue weighted by atomic mass is 16.2. The van der Waals surface area contributed by atoms with Crippen molar-refractivity contribution in [3.63, 3.8) is 0 Å². The molecule has 4 nitrogen and oxygen atoms in total. The van der Waals surface area contributed by atoms with Crippen LogP contribution < -0.4 is 16.0 Å². The summed E-state index contributed by atoms with van der Waals surface area (Å²) in [6.07, 6.45) is 0. The minimum Gasteiger partial charge on any atom is -0.335 e. The van der Waals surface area contributed by atoms with Crippen LogP contribution in [0.2, 0.25) is 0 Å². The number of hydrogen-bond donors (Lipinski definition) is 3. The summed E-state index contributed by atoms with van der Waals surface area (Å²) in [7, 11) is 0. The van der Waals surface area contributed by atoms with Gasteiger partial charge in [-0.05, 0) is 27.7 Å². The van der Waals surface area contributed by atoms with Crippen molar-refractivity contribution in [3.05, 3.63) is 0 Å². The fraction of sp³-hybridized carbons (Fsp3) is 0.900. The summed E-state index contributed by atoms with van der Waals surface area (Å²) in [5, 5.41) is 9.02. The van der Waals surface area contributed by atoms with Gasteiger partial charge < -0.3 is 16.0 Å². The molecule has 0 radical (unpaired) electrons. The van der Waals surface area contributed by atoms with Gasteiger partial charge in [0, 0.05) is 30.6 Å². The van der Waals surface area contributed by atoms with Crippen LogP contribution in [0.4, 0.5) is 4.79 Å². The molecule has 0 spiro atoms. The maximum atomic E-state index is 11.5. The molecule has 0 aliphatic carbocycles. The fourth-order valence-electron chi connectivity index (χ4n) is 1.37. The van der Waals surface area contributed by atoms with E-state index in [2.05, 4.69) is 16.0 Å². The summed E-state index contributed by atoms with van der Waals surface area (Å²) >= 11 is 0. The molecule has 1 rings (SSSR count). The lowest BCUT2D eigenvalue weighted by molar-refractivity contribution is 0.214. The number of nitrogens with one attached hydrogen (secondary N) is 3. The van der Waals surface area contributed by atoms with Crippen LogP contribution in [0, 0.1) is 5.92 Å². The van der Waals surface area contributed by atoms with Gasteiger partial charge in [0.1, 0.15) is 0 Å². The lowest BCUT2D eigenvalue weighted by Crippen LogP contribution is -2.56. The predicted molar refractivity (Wildman–Crippen MR) is 57.2 cm³/mol. The zero-order valence-corrected chi connectivity index (χ0v) is 9.48. The molecular weight excluding hydrogens is 178 g/mol. The molecule has 1 fully saturated rings.